The third-order valence-electron chi connectivity index (χ3n) is 6.05. The van der Waals surface area contributed by atoms with Crippen LogP contribution in [0.2, 0.25) is 0 Å². The predicted molar refractivity (Wildman–Crippen MR) is 123 cm³/mol. The molecule has 29 heavy (non-hydrogen) atoms. The van der Waals surface area contributed by atoms with Crippen LogP contribution in [0.25, 0.3) is 6.08 Å². The third kappa shape index (κ3) is 5.52. The Hall–Kier alpha value is -2.04. The molecule has 0 bridgehead atoms. The van der Waals surface area contributed by atoms with Crippen LogP contribution in [-0.4, -0.2) is 35.7 Å². The second kappa shape index (κ2) is 10.1. The molecular weight excluding hydrogens is 376 g/mol. The molecule has 2 heterocycles. The molecule has 0 radical (unpaired) electrons. The van der Waals surface area contributed by atoms with Crippen molar-refractivity contribution < 1.29 is 4.79 Å². The van der Waals surface area contributed by atoms with E-state index in [9.17, 15) is 4.79 Å². The van der Waals surface area contributed by atoms with Gasteiger partial charge in [-0.1, -0.05) is 48.9 Å². The van der Waals surface area contributed by atoms with E-state index in [2.05, 4.69) is 22.3 Å². The number of amides is 1. The number of carbonyl (C=O) groups is 1. The van der Waals surface area contributed by atoms with Gasteiger partial charge in [-0.15, -0.1) is 11.8 Å². The van der Waals surface area contributed by atoms with Crippen molar-refractivity contribution >= 4 is 29.4 Å². The van der Waals surface area contributed by atoms with Gasteiger partial charge in [0.2, 0.25) is 5.91 Å². The lowest BCUT2D eigenvalue weighted by molar-refractivity contribution is -0.111. The molecule has 2 aromatic rings. The molecule has 2 aliphatic heterocycles. The van der Waals surface area contributed by atoms with Gasteiger partial charge in [0.1, 0.15) is 0 Å². The van der Waals surface area contributed by atoms with Crippen LogP contribution >= 0.6 is 11.8 Å². The smallest absolute Gasteiger partial charge is 0.248 e. The molecule has 3 nitrogen and oxygen atoms in total. The van der Waals surface area contributed by atoms with Crippen LogP contribution in [0.4, 0.5) is 5.69 Å². The summed E-state index contributed by atoms with van der Waals surface area (Å²) >= 11 is 1.90. The minimum absolute atomic E-state index is 0.0852. The zero-order chi connectivity index (χ0) is 19.9. The highest BCUT2D eigenvalue weighted by molar-refractivity contribution is 7.99. The lowest BCUT2D eigenvalue weighted by Gasteiger charge is -2.44. The molecular formula is C25H30N2OS. The number of hydrogen-bond acceptors (Lipinski definition) is 3. The minimum Gasteiger partial charge on any atom is -0.321 e. The number of hydrogen-bond donors (Lipinski definition) is 1. The van der Waals surface area contributed by atoms with E-state index in [-0.39, 0.29) is 5.91 Å². The fraction of sp³-hybridized carbons (Fsp3) is 0.400. The van der Waals surface area contributed by atoms with E-state index in [1.54, 1.807) is 6.08 Å². The van der Waals surface area contributed by atoms with Crippen molar-refractivity contribution in [2.45, 2.75) is 43.0 Å². The van der Waals surface area contributed by atoms with Crippen molar-refractivity contribution in [2.24, 2.45) is 5.92 Å². The average Bonchev–Trinajstić information content (AvgIpc) is 2.78. The van der Waals surface area contributed by atoms with Gasteiger partial charge in [0, 0.05) is 22.8 Å². The van der Waals surface area contributed by atoms with Gasteiger partial charge in [-0.3, -0.25) is 4.79 Å². The summed E-state index contributed by atoms with van der Waals surface area (Å²) in [6.45, 7) is 2.57. The standard InChI is InChI=1S/C25H30N2OS/c28-25(16-15-20-9-2-1-3-10-20)26-22-12-4-5-14-24(22)29-19-21-11-8-18-27-17-7-6-13-23(21)27/h1-5,9-10,12,14-16,21,23H,6-8,11,13,17-19H2,(H,26,28)/b16-15+/t21-,23+/m0/s1. The van der Waals surface area contributed by atoms with E-state index in [0.717, 1.165) is 29.0 Å². The van der Waals surface area contributed by atoms with E-state index in [4.69, 9.17) is 0 Å². The third-order valence-corrected chi connectivity index (χ3v) is 7.32. The van der Waals surface area contributed by atoms with Crippen LogP contribution in [0.1, 0.15) is 37.7 Å². The minimum atomic E-state index is -0.0852. The van der Waals surface area contributed by atoms with Gasteiger partial charge in [0.05, 0.1) is 5.69 Å². The number of rotatable bonds is 6. The van der Waals surface area contributed by atoms with Gasteiger partial charge < -0.3 is 10.2 Å². The molecule has 2 atom stereocenters. The largest absolute Gasteiger partial charge is 0.321 e. The second-order valence-corrected chi connectivity index (χ2v) is 9.10. The summed E-state index contributed by atoms with van der Waals surface area (Å²) < 4.78 is 0. The van der Waals surface area contributed by atoms with Crippen LogP contribution in [0.5, 0.6) is 0 Å². The fourth-order valence-corrected chi connectivity index (χ4v) is 5.81. The van der Waals surface area contributed by atoms with E-state index < -0.39 is 0 Å². The Bertz CT molecular complexity index is 834. The Kier molecular flexibility index (Phi) is 7.07. The number of para-hydroxylation sites is 1. The molecule has 4 rings (SSSR count). The lowest BCUT2D eigenvalue weighted by Crippen LogP contribution is -2.48. The van der Waals surface area contributed by atoms with Gasteiger partial charge in [-0.2, -0.15) is 0 Å². The van der Waals surface area contributed by atoms with E-state index in [1.807, 2.05) is 60.3 Å². The molecule has 4 heteroatoms. The van der Waals surface area contributed by atoms with Crippen molar-refractivity contribution in [3.8, 4) is 0 Å². The normalized spacial score (nSPS) is 22.3. The molecule has 1 N–H and O–H groups in total. The summed E-state index contributed by atoms with van der Waals surface area (Å²) in [4.78, 5) is 16.3. The molecule has 0 spiro atoms. The van der Waals surface area contributed by atoms with Gasteiger partial charge in [-0.05, 0) is 68.5 Å². The Morgan fingerprint density at radius 1 is 1.00 bits per heavy atom. The molecule has 2 aromatic carbocycles. The summed E-state index contributed by atoms with van der Waals surface area (Å²) in [7, 11) is 0. The van der Waals surface area contributed by atoms with Crippen molar-refractivity contribution in [1.29, 1.82) is 0 Å². The number of benzene rings is 2. The van der Waals surface area contributed by atoms with Crippen LogP contribution in [0.15, 0.2) is 65.6 Å². The first-order chi connectivity index (χ1) is 14.3. The van der Waals surface area contributed by atoms with Crippen LogP contribution in [-0.2, 0) is 4.79 Å². The first-order valence-corrected chi connectivity index (χ1v) is 11.8. The number of piperidine rings is 2. The van der Waals surface area contributed by atoms with Crippen molar-refractivity contribution in [1.82, 2.24) is 4.90 Å². The maximum atomic E-state index is 12.4. The summed E-state index contributed by atoms with van der Waals surface area (Å²) in [6.07, 6.45) is 10.2. The average molecular weight is 407 g/mol. The van der Waals surface area contributed by atoms with E-state index in [0.29, 0.717) is 0 Å². The number of carbonyl (C=O) groups excluding carboxylic acids is 1. The number of anilines is 1. The highest BCUT2D eigenvalue weighted by Crippen LogP contribution is 2.36. The van der Waals surface area contributed by atoms with Gasteiger partial charge in [-0.25, -0.2) is 0 Å². The number of nitrogens with zero attached hydrogens (tertiary/aromatic N) is 1. The number of fused-ring (bicyclic) bond motifs is 1. The Morgan fingerprint density at radius 3 is 2.69 bits per heavy atom. The molecule has 0 aromatic heterocycles. The summed E-state index contributed by atoms with van der Waals surface area (Å²) in [6, 6.07) is 18.9. The monoisotopic (exact) mass is 406 g/mol. The fourth-order valence-electron chi connectivity index (χ4n) is 4.57. The molecule has 2 aliphatic rings. The number of nitrogens with one attached hydrogen (secondary N) is 1. The van der Waals surface area contributed by atoms with Gasteiger partial charge in [0.15, 0.2) is 0 Å². The first-order valence-electron chi connectivity index (χ1n) is 10.8. The molecule has 152 valence electrons. The van der Waals surface area contributed by atoms with Crippen molar-refractivity contribution in [3.05, 3.63) is 66.2 Å². The van der Waals surface area contributed by atoms with Gasteiger partial charge >= 0.3 is 0 Å². The lowest BCUT2D eigenvalue weighted by atomic mass is 9.85. The highest BCUT2D eigenvalue weighted by Gasteiger charge is 2.32. The first kappa shape index (κ1) is 20.2. The molecule has 1 amide bonds. The van der Waals surface area contributed by atoms with Gasteiger partial charge in [0.25, 0.3) is 0 Å². The molecule has 0 aliphatic carbocycles. The van der Waals surface area contributed by atoms with Crippen molar-refractivity contribution in [2.75, 3.05) is 24.2 Å². The maximum absolute atomic E-state index is 12.4. The molecule has 2 fully saturated rings. The van der Waals surface area contributed by atoms with Crippen molar-refractivity contribution in [3.63, 3.8) is 0 Å². The number of thioether (sulfide) groups is 1. The topological polar surface area (TPSA) is 32.3 Å². The maximum Gasteiger partial charge on any atom is 0.248 e. The van der Waals surface area contributed by atoms with E-state index in [1.165, 1.54) is 50.1 Å². The Morgan fingerprint density at radius 2 is 1.79 bits per heavy atom. The zero-order valence-corrected chi connectivity index (χ0v) is 17.7. The second-order valence-electron chi connectivity index (χ2n) is 8.04. The summed E-state index contributed by atoms with van der Waals surface area (Å²) in [5.74, 6) is 1.81. The summed E-state index contributed by atoms with van der Waals surface area (Å²) in [5.41, 5.74) is 1.94. The molecule has 2 saturated heterocycles. The Balaban J connectivity index is 1.36. The zero-order valence-electron chi connectivity index (χ0n) is 16.9. The predicted octanol–water partition coefficient (Wildman–Crippen LogP) is 5.70. The van der Waals surface area contributed by atoms with Crippen LogP contribution in [0, 0.1) is 5.92 Å². The quantitative estimate of drug-likeness (QED) is 0.494. The molecule has 0 saturated carbocycles. The highest BCUT2D eigenvalue weighted by atomic mass is 32.2. The molecule has 0 unspecified atom stereocenters. The summed E-state index contributed by atoms with van der Waals surface area (Å²) in [5, 5.41) is 3.07. The van der Waals surface area contributed by atoms with E-state index >= 15 is 0 Å². The van der Waals surface area contributed by atoms with Crippen LogP contribution in [0.3, 0.4) is 0 Å². The SMILES string of the molecule is O=C(/C=C/c1ccccc1)Nc1ccccc1SC[C@@H]1CCCN2CCCC[C@H]12. The Labute approximate surface area is 178 Å². The van der Waals surface area contributed by atoms with Crippen LogP contribution < -0.4 is 5.32 Å².